The van der Waals surface area contributed by atoms with Crippen LogP contribution in [0.15, 0.2) is 18.2 Å². The van der Waals surface area contributed by atoms with E-state index in [0.717, 1.165) is 0 Å². The number of nitrogens with one attached hydrogen (secondary N) is 1. The van der Waals surface area contributed by atoms with E-state index in [1.54, 1.807) is 12.1 Å². The van der Waals surface area contributed by atoms with Crippen LogP contribution in [0.1, 0.15) is 6.92 Å². The number of rotatable bonds is 4. The molecule has 82 valence electrons. The number of benzene rings is 1. The molecule has 0 aliphatic heterocycles. The molecular weight excluding hydrogens is 218 g/mol. The van der Waals surface area contributed by atoms with Crippen LogP contribution in [0, 0.1) is 0 Å². The van der Waals surface area contributed by atoms with E-state index >= 15 is 0 Å². The van der Waals surface area contributed by atoms with Gasteiger partial charge in [-0.1, -0.05) is 0 Å². The van der Waals surface area contributed by atoms with E-state index in [0.29, 0.717) is 17.2 Å². The first kappa shape index (κ1) is 11.5. The van der Waals surface area contributed by atoms with E-state index in [2.05, 4.69) is 5.32 Å². The topological polar surface area (TPSA) is 64.6 Å². The minimum absolute atomic E-state index is 0.217. The molecule has 0 unspecified atom stereocenters. The highest BCUT2D eigenvalue weighted by atomic mass is 32.2. The van der Waals surface area contributed by atoms with Crippen molar-refractivity contribution in [1.29, 1.82) is 0 Å². The number of hydrogen-bond donors (Lipinski definition) is 2. The lowest BCUT2D eigenvalue weighted by atomic mass is 10.2. The second-order valence-corrected chi connectivity index (χ2v) is 3.04. The number of amides is 1. The summed E-state index contributed by atoms with van der Waals surface area (Å²) in [5.74, 6) is 0.682. The Balaban J connectivity index is 3.01. The molecule has 6 heteroatoms. The van der Waals surface area contributed by atoms with Crippen LogP contribution in [-0.4, -0.2) is 17.2 Å². The lowest BCUT2D eigenvalue weighted by Crippen LogP contribution is -2.07. The molecule has 0 aromatic heterocycles. The fourth-order valence-electron chi connectivity index (χ4n) is 1.07. The van der Waals surface area contributed by atoms with Crippen LogP contribution in [0.5, 0.6) is 11.5 Å². The van der Waals surface area contributed by atoms with E-state index in [1.807, 2.05) is 0 Å². The van der Waals surface area contributed by atoms with Gasteiger partial charge in [0.25, 0.3) is 0 Å². The van der Waals surface area contributed by atoms with Crippen LogP contribution in [-0.2, 0) is 16.7 Å². The highest BCUT2D eigenvalue weighted by molar-refractivity contribution is 7.60. The van der Waals surface area contributed by atoms with Gasteiger partial charge < -0.3 is 14.2 Å². The van der Waals surface area contributed by atoms with E-state index in [4.69, 9.17) is 8.92 Å². The number of ether oxygens (including phenoxy) is 1. The standard InChI is InChI=1S/C9H11NO4S/c1-6(11)10-8-5-7(14-15-12)3-4-9(8)13-2/h3-5,15H,1-2H3,(H,10,11). The summed E-state index contributed by atoms with van der Waals surface area (Å²) in [5.41, 5.74) is 0.478. The Hall–Kier alpha value is -1.56. The molecule has 0 fully saturated rings. The van der Waals surface area contributed by atoms with E-state index in [-0.39, 0.29) is 5.91 Å². The molecular formula is C9H11NO4S. The third kappa shape index (κ3) is 3.25. The molecule has 0 aliphatic carbocycles. The molecule has 1 rings (SSSR count). The monoisotopic (exact) mass is 229 g/mol. The highest BCUT2D eigenvalue weighted by Crippen LogP contribution is 2.28. The summed E-state index contributed by atoms with van der Waals surface area (Å²) in [6.45, 7) is 1.39. The van der Waals surface area contributed by atoms with Crippen molar-refractivity contribution in [2.24, 2.45) is 0 Å². The predicted octanol–water partition coefficient (Wildman–Crippen LogP) is 0.893. The minimum atomic E-state index is -0.443. The van der Waals surface area contributed by atoms with Crippen molar-refractivity contribution >= 4 is 23.5 Å². The maximum absolute atomic E-state index is 10.9. The number of hydrogen-bond acceptors (Lipinski definition) is 4. The molecule has 1 N–H and O–H groups in total. The molecule has 0 saturated carbocycles. The van der Waals surface area contributed by atoms with Gasteiger partial charge in [-0.05, 0) is 12.1 Å². The van der Waals surface area contributed by atoms with Crippen molar-refractivity contribution in [2.75, 3.05) is 12.4 Å². The SMILES string of the molecule is COc1ccc(O[SH]=O)cc1NC(C)=O. The van der Waals surface area contributed by atoms with E-state index < -0.39 is 11.9 Å². The maximum Gasteiger partial charge on any atom is 0.221 e. The number of thiol groups is 1. The first-order valence-corrected chi connectivity index (χ1v) is 4.85. The lowest BCUT2D eigenvalue weighted by Gasteiger charge is -2.09. The fraction of sp³-hybridized carbons (Fsp3) is 0.222. The Morgan fingerprint density at radius 3 is 2.73 bits per heavy atom. The summed E-state index contributed by atoms with van der Waals surface area (Å²) in [5, 5.41) is 2.57. The average molecular weight is 229 g/mol. The summed E-state index contributed by atoms with van der Waals surface area (Å²) < 4.78 is 20.0. The molecule has 15 heavy (non-hydrogen) atoms. The average Bonchev–Trinajstić information content (AvgIpc) is 2.18. The van der Waals surface area contributed by atoms with Gasteiger partial charge in [-0.15, -0.1) is 0 Å². The third-order valence-corrected chi connectivity index (χ3v) is 1.91. The number of methoxy groups -OCH3 is 1. The zero-order valence-electron chi connectivity index (χ0n) is 8.31. The Labute approximate surface area is 91.1 Å². The molecule has 0 atom stereocenters. The van der Waals surface area contributed by atoms with Gasteiger partial charge in [-0.3, -0.25) is 4.79 Å². The summed E-state index contributed by atoms with van der Waals surface area (Å²) in [6, 6.07) is 4.74. The smallest absolute Gasteiger partial charge is 0.221 e. The molecule has 1 aromatic carbocycles. The Morgan fingerprint density at radius 1 is 1.47 bits per heavy atom. The molecule has 0 heterocycles. The van der Waals surface area contributed by atoms with Gasteiger partial charge in [0.05, 0.1) is 12.8 Å². The molecule has 0 spiro atoms. The van der Waals surface area contributed by atoms with Crippen LogP contribution >= 0.6 is 0 Å². The summed E-state index contributed by atoms with van der Waals surface area (Å²) in [6.07, 6.45) is 0. The van der Waals surface area contributed by atoms with Crippen molar-refractivity contribution in [1.82, 2.24) is 0 Å². The van der Waals surface area contributed by atoms with Crippen molar-refractivity contribution in [3.05, 3.63) is 18.2 Å². The van der Waals surface area contributed by atoms with Crippen LogP contribution < -0.4 is 14.2 Å². The van der Waals surface area contributed by atoms with Gasteiger partial charge in [0.2, 0.25) is 5.91 Å². The molecule has 0 radical (unpaired) electrons. The largest absolute Gasteiger partial charge is 0.495 e. The van der Waals surface area contributed by atoms with Crippen molar-refractivity contribution in [3.8, 4) is 11.5 Å². The number of carbonyl (C=O) groups is 1. The first-order valence-electron chi connectivity index (χ1n) is 4.12. The molecule has 1 amide bonds. The number of carbonyl (C=O) groups excluding carboxylic acids is 1. The molecule has 1 aromatic rings. The molecule has 0 aliphatic rings. The minimum Gasteiger partial charge on any atom is -0.495 e. The Bertz CT molecular complexity index is 380. The van der Waals surface area contributed by atoms with Crippen LogP contribution in [0.3, 0.4) is 0 Å². The van der Waals surface area contributed by atoms with Crippen molar-refractivity contribution in [2.45, 2.75) is 6.92 Å². The maximum atomic E-state index is 10.9. The summed E-state index contributed by atoms with van der Waals surface area (Å²) >= 11 is -0.443. The van der Waals surface area contributed by atoms with Crippen molar-refractivity contribution < 1.29 is 17.9 Å². The second kappa shape index (κ2) is 5.35. The van der Waals surface area contributed by atoms with Gasteiger partial charge in [0, 0.05) is 13.0 Å². The zero-order valence-corrected chi connectivity index (χ0v) is 9.21. The van der Waals surface area contributed by atoms with E-state index in [9.17, 15) is 9.00 Å². The zero-order chi connectivity index (χ0) is 11.3. The number of anilines is 1. The normalized spacial score (nSPS) is 9.47. The molecule has 0 bridgehead atoms. The summed E-state index contributed by atoms with van der Waals surface area (Å²) in [4.78, 5) is 10.9. The third-order valence-electron chi connectivity index (χ3n) is 1.62. The Kier molecular flexibility index (Phi) is 4.11. The van der Waals surface area contributed by atoms with Gasteiger partial charge in [0.15, 0.2) is 11.9 Å². The van der Waals surface area contributed by atoms with Crippen LogP contribution in [0.25, 0.3) is 0 Å². The highest BCUT2D eigenvalue weighted by Gasteiger charge is 2.06. The predicted molar refractivity (Wildman–Crippen MR) is 57.5 cm³/mol. The van der Waals surface area contributed by atoms with Gasteiger partial charge in [0.1, 0.15) is 11.5 Å². The van der Waals surface area contributed by atoms with Crippen LogP contribution in [0.4, 0.5) is 5.69 Å². The van der Waals surface area contributed by atoms with Gasteiger partial charge in [-0.25, -0.2) is 4.21 Å². The van der Waals surface area contributed by atoms with Gasteiger partial charge >= 0.3 is 0 Å². The molecule has 5 nitrogen and oxygen atoms in total. The van der Waals surface area contributed by atoms with Crippen molar-refractivity contribution in [3.63, 3.8) is 0 Å². The van der Waals surface area contributed by atoms with Crippen LogP contribution in [0.2, 0.25) is 0 Å². The second-order valence-electron chi connectivity index (χ2n) is 2.71. The fourth-order valence-corrected chi connectivity index (χ4v) is 1.27. The van der Waals surface area contributed by atoms with Gasteiger partial charge in [-0.2, -0.15) is 0 Å². The first-order chi connectivity index (χ1) is 7.17. The molecule has 0 saturated heterocycles. The quantitative estimate of drug-likeness (QED) is 0.753. The summed E-state index contributed by atoms with van der Waals surface area (Å²) in [7, 11) is 1.49. The lowest BCUT2D eigenvalue weighted by molar-refractivity contribution is -0.114. The Morgan fingerprint density at radius 2 is 2.20 bits per heavy atom. The van der Waals surface area contributed by atoms with E-state index in [1.165, 1.54) is 20.1 Å².